The molecule has 0 heterocycles. The van der Waals surface area contributed by atoms with Crippen molar-refractivity contribution < 1.29 is 14.6 Å². The lowest BCUT2D eigenvalue weighted by molar-refractivity contribution is 0.129. The molecule has 0 fully saturated rings. The molecule has 0 bridgehead atoms. The largest absolute Gasteiger partial charge is 0.396 e. The van der Waals surface area contributed by atoms with E-state index in [2.05, 4.69) is 0 Å². The number of aliphatic hydroxyl groups excluding tert-OH is 2. The predicted octanol–water partition coefficient (Wildman–Crippen LogP) is 0.569. The highest BCUT2D eigenvalue weighted by Gasteiger charge is 2.15. The molecule has 0 aliphatic rings. The fraction of sp³-hybridized carbons (Fsp3) is 0.400. The molecule has 0 saturated heterocycles. The van der Waals surface area contributed by atoms with Crippen LogP contribution in [0.3, 0.4) is 0 Å². The van der Waals surface area contributed by atoms with Gasteiger partial charge in [-0.25, -0.2) is 4.39 Å². The van der Waals surface area contributed by atoms with Crippen LogP contribution in [0.2, 0.25) is 0 Å². The van der Waals surface area contributed by atoms with E-state index in [4.69, 9.17) is 10.8 Å². The summed E-state index contributed by atoms with van der Waals surface area (Å²) in [5, 5.41) is 18.3. The molecule has 0 saturated carbocycles. The van der Waals surface area contributed by atoms with Crippen LogP contribution in [0.5, 0.6) is 0 Å². The van der Waals surface area contributed by atoms with Crippen LogP contribution in [0.4, 0.5) is 4.39 Å². The number of hydrogen-bond acceptors (Lipinski definition) is 3. The van der Waals surface area contributed by atoms with E-state index >= 15 is 0 Å². The van der Waals surface area contributed by atoms with Crippen molar-refractivity contribution in [2.75, 3.05) is 6.61 Å². The average molecular weight is 199 g/mol. The Labute approximate surface area is 82.0 Å². The highest BCUT2D eigenvalue weighted by Crippen LogP contribution is 2.17. The minimum atomic E-state index is -0.859. The fourth-order valence-corrected chi connectivity index (χ4v) is 1.21. The molecule has 1 aromatic carbocycles. The second-order valence-electron chi connectivity index (χ2n) is 3.17. The van der Waals surface area contributed by atoms with E-state index in [-0.39, 0.29) is 12.4 Å². The molecule has 14 heavy (non-hydrogen) atoms. The summed E-state index contributed by atoms with van der Waals surface area (Å²) in [6.45, 7) is -0.0700. The van der Waals surface area contributed by atoms with Crippen molar-refractivity contribution in [3.05, 3.63) is 35.6 Å². The van der Waals surface area contributed by atoms with Crippen LogP contribution in [0.15, 0.2) is 24.3 Å². The minimum Gasteiger partial charge on any atom is -0.396 e. The number of aliphatic hydroxyl groups is 2. The summed E-state index contributed by atoms with van der Waals surface area (Å²) < 4.78 is 12.5. The maximum atomic E-state index is 12.5. The van der Waals surface area contributed by atoms with E-state index in [0.29, 0.717) is 12.0 Å². The van der Waals surface area contributed by atoms with Gasteiger partial charge in [-0.2, -0.15) is 0 Å². The molecule has 4 heteroatoms. The molecule has 0 amide bonds. The van der Waals surface area contributed by atoms with Gasteiger partial charge in [0.1, 0.15) is 5.82 Å². The molecule has 0 spiro atoms. The van der Waals surface area contributed by atoms with Crippen molar-refractivity contribution >= 4 is 0 Å². The fourth-order valence-electron chi connectivity index (χ4n) is 1.21. The molecule has 0 radical (unpaired) electrons. The third kappa shape index (κ3) is 2.77. The lowest BCUT2D eigenvalue weighted by Gasteiger charge is -2.17. The number of nitrogens with two attached hydrogens (primary N) is 1. The Balaban J connectivity index is 2.68. The molecule has 2 unspecified atom stereocenters. The molecule has 1 rings (SSSR count). The Morgan fingerprint density at radius 1 is 1.29 bits per heavy atom. The average Bonchev–Trinajstić information content (AvgIpc) is 2.18. The van der Waals surface area contributed by atoms with Gasteiger partial charge >= 0.3 is 0 Å². The smallest absolute Gasteiger partial charge is 0.123 e. The first kappa shape index (κ1) is 11.1. The van der Waals surface area contributed by atoms with Crippen molar-refractivity contribution in [2.45, 2.75) is 18.6 Å². The van der Waals surface area contributed by atoms with Gasteiger partial charge in [-0.05, 0) is 24.1 Å². The van der Waals surface area contributed by atoms with E-state index in [0.717, 1.165) is 0 Å². The minimum absolute atomic E-state index is 0.0700. The van der Waals surface area contributed by atoms with E-state index in [9.17, 15) is 9.50 Å². The zero-order chi connectivity index (χ0) is 10.6. The number of hydrogen-bond donors (Lipinski definition) is 3. The van der Waals surface area contributed by atoms with Gasteiger partial charge in [0.15, 0.2) is 0 Å². The summed E-state index contributed by atoms with van der Waals surface area (Å²) in [5.74, 6) is -0.350. The summed E-state index contributed by atoms with van der Waals surface area (Å²) >= 11 is 0. The lowest BCUT2D eigenvalue weighted by Crippen LogP contribution is -2.29. The standard InChI is InChI=1S/C10H14FNO2/c11-8-3-1-7(2-4-8)10(14)9(12)5-6-13/h1-4,9-10,13-14H,5-6,12H2. The summed E-state index contributed by atoms with van der Waals surface area (Å²) in [6.07, 6.45) is -0.541. The van der Waals surface area contributed by atoms with Gasteiger partial charge in [0.25, 0.3) is 0 Å². The highest BCUT2D eigenvalue weighted by molar-refractivity contribution is 5.19. The molecule has 0 aromatic heterocycles. The number of halogens is 1. The van der Waals surface area contributed by atoms with Gasteiger partial charge in [0.2, 0.25) is 0 Å². The Morgan fingerprint density at radius 3 is 2.36 bits per heavy atom. The van der Waals surface area contributed by atoms with Gasteiger partial charge in [-0.1, -0.05) is 12.1 Å². The summed E-state index contributed by atoms with van der Waals surface area (Å²) in [7, 11) is 0. The van der Waals surface area contributed by atoms with E-state index in [1.807, 2.05) is 0 Å². The first-order chi connectivity index (χ1) is 6.65. The SMILES string of the molecule is NC(CCO)C(O)c1ccc(F)cc1. The third-order valence-electron chi connectivity index (χ3n) is 2.08. The second kappa shape index (κ2) is 5.05. The first-order valence-electron chi connectivity index (χ1n) is 4.45. The number of rotatable bonds is 4. The molecule has 4 N–H and O–H groups in total. The Hall–Kier alpha value is -0.970. The Kier molecular flexibility index (Phi) is 4.00. The predicted molar refractivity (Wildman–Crippen MR) is 51.0 cm³/mol. The van der Waals surface area contributed by atoms with Crippen LogP contribution in [0.1, 0.15) is 18.1 Å². The van der Waals surface area contributed by atoms with Gasteiger partial charge in [-0.3, -0.25) is 0 Å². The summed E-state index contributed by atoms with van der Waals surface area (Å²) in [4.78, 5) is 0. The van der Waals surface area contributed by atoms with Gasteiger partial charge in [-0.15, -0.1) is 0 Å². The van der Waals surface area contributed by atoms with Crippen LogP contribution in [0, 0.1) is 5.82 Å². The molecular formula is C10H14FNO2. The van der Waals surface area contributed by atoms with Gasteiger partial charge < -0.3 is 15.9 Å². The van der Waals surface area contributed by atoms with Crippen molar-refractivity contribution in [3.63, 3.8) is 0 Å². The molecule has 1 aromatic rings. The second-order valence-corrected chi connectivity index (χ2v) is 3.17. The monoisotopic (exact) mass is 199 g/mol. The number of benzene rings is 1. The molecule has 3 nitrogen and oxygen atoms in total. The summed E-state index contributed by atoms with van der Waals surface area (Å²) in [5.41, 5.74) is 6.16. The maximum Gasteiger partial charge on any atom is 0.123 e. The van der Waals surface area contributed by atoms with E-state index in [1.165, 1.54) is 24.3 Å². The Morgan fingerprint density at radius 2 is 1.86 bits per heavy atom. The van der Waals surface area contributed by atoms with Crippen LogP contribution < -0.4 is 5.73 Å². The van der Waals surface area contributed by atoms with Crippen molar-refractivity contribution in [1.29, 1.82) is 0 Å². The van der Waals surface area contributed by atoms with Crippen molar-refractivity contribution in [2.24, 2.45) is 5.73 Å². The molecule has 2 atom stereocenters. The van der Waals surface area contributed by atoms with Crippen LogP contribution >= 0.6 is 0 Å². The maximum absolute atomic E-state index is 12.5. The highest BCUT2D eigenvalue weighted by atomic mass is 19.1. The first-order valence-corrected chi connectivity index (χ1v) is 4.45. The van der Waals surface area contributed by atoms with Crippen LogP contribution in [-0.2, 0) is 0 Å². The van der Waals surface area contributed by atoms with Gasteiger partial charge in [0, 0.05) is 12.6 Å². The van der Waals surface area contributed by atoms with E-state index in [1.54, 1.807) is 0 Å². The normalized spacial score (nSPS) is 15.1. The Bertz CT molecular complexity index is 276. The summed E-state index contributed by atoms with van der Waals surface area (Å²) in [6, 6.07) is 4.98. The zero-order valence-electron chi connectivity index (χ0n) is 7.73. The quantitative estimate of drug-likeness (QED) is 0.664. The van der Waals surface area contributed by atoms with Crippen molar-refractivity contribution in [3.8, 4) is 0 Å². The zero-order valence-corrected chi connectivity index (χ0v) is 7.73. The van der Waals surface area contributed by atoms with Crippen LogP contribution in [-0.4, -0.2) is 22.9 Å². The molecular weight excluding hydrogens is 185 g/mol. The van der Waals surface area contributed by atoms with Crippen molar-refractivity contribution in [1.82, 2.24) is 0 Å². The van der Waals surface area contributed by atoms with Crippen LogP contribution in [0.25, 0.3) is 0 Å². The van der Waals surface area contributed by atoms with Gasteiger partial charge in [0.05, 0.1) is 6.10 Å². The molecule has 0 aliphatic heterocycles. The molecule has 78 valence electrons. The third-order valence-corrected chi connectivity index (χ3v) is 2.08. The lowest BCUT2D eigenvalue weighted by atomic mass is 10.0. The topological polar surface area (TPSA) is 66.5 Å². The van der Waals surface area contributed by atoms with E-state index < -0.39 is 12.1 Å². The molecule has 0 aliphatic carbocycles.